The van der Waals surface area contributed by atoms with E-state index in [9.17, 15) is 24.0 Å². The Morgan fingerprint density at radius 3 is 2.08 bits per heavy atom. The van der Waals surface area contributed by atoms with Crippen LogP contribution in [0.2, 0.25) is 0 Å². The van der Waals surface area contributed by atoms with Gasteiger partial charge in [0.2, 0.25) is 23.6 Å². The molecule has 17 heteroatoms. The SMILES string of the molecule is C[C@@H]1NC(=O)[C@@H](N(C)C(=O)C(CCN)NC(=O)N2CCC(c3ccc(C(C)(C)C)cc3)CC2)c2ccc(OCCN)c(c2)-c2cc(ccc2OCCN)C[C@@H](C(=O)NCC#N)NC1=O. The van der Waals surface area contributed by atoms with Gasteiger partial charge in [-0.1, -0.05) is 57.2 Å². The summed E-state index contributed by atoms with van der Waals surface area (Å²) in [6.07, 6.45) is 1.61. The van der Waals surface area contributed by atoms with Crippen molar-refractivity contribution < 1.29 is 33.4 Å². The number of likely N-dealkylation sites (N-methyl/N-ethyl adjacent to an activating group) is 1. The average molecular weight is 881 g/mol. The van der Waals surface area contributed by atoms with Crippen LogP contribution in [-0.2, 0) is 31.0 Å². The number of hydrogen-bond acceptors (Lipinski definition) is 11. The van der Waals surface area contributed by atoms with Gasteiger partial charge in [-0.15, -0.1) is 0 Å². The summed E-state index contributed by atoms with van der Waals surface area (Å²) in [5.41, 5.74) is 22.2. The van der Waals surface area contributed by atoms with Crippen LogP contribution in [-0.4, -0.2) is 117 Å². The van der Waals surface area contributed by atoms with Crippen LogP contribution >= 0.6 is 0 Å². The van der Waals surface area contributed by atoms with E-state index >= 15 is 0 Å². The Labute approximate surface area is 375 Å². The zero-order valence-corrected chi connectivity index (χ0v) is 37.6. The predicted molar refractivity (Wildman–Crippen MR) is 243 cm³/mol. The number of piperidine rings is 1. The van der Waals surface area contributed by atoms with Crippen molar-refractivity contribution in [3.8, 4) is 28.7 Å². The Kier molecular flexibility index (Phi) is 17.1. The molecule has 1 saturated heterocycles. The summed E-state index contributed by atoms with van der Waals surface area (Å²) in [5.74, 6) is -1.48. The lowest BCUT2D eigenvalue weighted by Crippen LogP contribution is -2.57. The fourth-order valence-corrected chi connectivity index (χ4v) is 8.04. The minimum Gasteiger partial charge on any atom is -0.492 e. The fourth-order valence-electron chi connectivity index (χ4n) is 8.04. The van der Waals surface area contributed by atoms with Gasteiger partial charge in [-0.05, 0) is 90.6 Å². The fraction of sp³-hybridized carbons (Fsp3) is 0.489. The van der Waals surface area contributed by atoms with E-state index in [2.05, 4.69) is 66.3 Å². The lowest BCUT2D eigenvalue weighted by molar-refractivity contribution is -0.141. The van der Waals surface area contributed by atoms with Crippen LogP contribution in [0.15, 0.2) is 60.7 Å². The highest BCUT2D eigenvalue weighted by Gasteiger charge is 2.37. The van der Waals surface area contributed by atoms with E-state index in [-0.39, 0.29) is 63.6 Å². The molecule has 3 aromatic carbocycles. The highest BCUT2D eigenvalue weighted by atomic mass is 16.5. The Morgan fingerprint density at radius 2 is 1.48 bits per heavy atom. The topological polar surface area (TPSA) is 260 Å². The molecular weight excluding hydrogens is 817 g/mol. The van der Waals surface area contributed by atoms with Gasteiger partial charge in [0.05, 0.1) is 6.07 Å². The maximum absolute atomic E-state index is 14.6. The van der Waals surface area contributed by atoms with E-state index < -0.39 is 53.8 Å². The van der Waals surface area contributed by atoms with Crippen molar-refractivity contribution in [2.24, 2.45) is 17.2 Å². The molecule has 0 radical (unpaired) electrons. The number of likely N-dealkylation sites (tertiary alicyclic amines) is 1. The van der Waals surface area contributed by atoms with Crippen LogP contribution in [0.5, 0.6) is 11.5 Å². The van der Waals surface area contributed by atoms with Crippen LogP contribution in [0.25, 0.3) is 11.1 Å². The summed E-state index contributed by atoms with van der Waals surface area (Å²) in [5, 5.41) is 20.0. The Balaban J connectivity index is 1.49. The molecule has 0 aliphatic carbocycles. The van der Waals surface area contributed by atoms with Crippen molar-refractivity contribution in [3.05, 3.63) is 82.9 Å². The lowest BCUT2D eigenvalue weighted by atomic mass is 9.84. The minimum atomic E-state index is -1.35. The average Bonchev–Trinajstić information content (AvgIpc) is 3.28. The monoisotopic (exact) mass is 880 g/mol. The van der Waals surface area contributed by atoms with Gasteiger partial charge in [0.25, 0.3) is 0 Å². The van der Waals surface area contributed by atoms with Gasteiger partial charge in [0.1, 0.15) is 55.4 Å². The number of amides is 6. The first kappa shape index (κ1) is 48.8. The van der Waals surface area contributed by atoms with Crippen molar-refractivity contribution in [2.75, 3.05) is 59.5 Å². The zero-order chi connectivity index (χ0) is 46.6. The van der Waals surface area contributed by atoms with Crippen LogP contribution in [0, 0.1) is 11.3 Å². The quantitative estimate of drug-likeness (QED) is 0.116. The molecule has 2 aliphatic rings. The Morgan fingerprint density at radius 1 is 0.875 bits per heavy atom. The maximum atomic E-state index is 14.6. The number of nitrogens with zero attached hydrogens (tertiary/aromatic N) is 3. The van der Waals surface area contributed by atoms with Gasteiger partial charge in [-0.25, -0.2) is 4.79 Å². The molecule has 64 heavy (non-hydrogen) atoms. The number of nitrogens with one attached hydrogen (secondary N) is 4. The molecule has 0 aromatic heterocycles. The zero-order valence-electron chi connectivity index (χ0n) is 37.6. The highest BCUT2D eigenvalue weighted by molar-refractivity contribution is 5.96. The summed E-state index contributed by atoms with van der Waals surface area (Å²) in [4.78, 5) is 72.9. The first-order valence-corrected chi connectivity index (χ1v) is 21.9. The van der Waals surface area contributed by atoms with Gasteiger partial charge in [0.15, 0.2) is 0 Å². The summed E-state index contributed by atoms with van der Waals surface area (Å²) in [7, 11) is 1.46. The first-order valence-electron chi connectivity index (χ1n) is 21.9. The van der Waals surface area contributed by atoms with Crippen molar-refractivity contribution in [3.63, 3.8) is 0 Å². The summed E-state index contributed by atoms with van der Waals surface area (Å²) >= 11 is 0. The molecule has 1 fully saturated rings. The van der Waals surface area contributed by atoms with Crippen LogP contribution in [0.1, 0.15) is 81.2 Å². The van der Waals surface area contributed by atoms with Crippen LogP contribution < -0.4 is 47.9 Å². The molecular formula is C47H64N10O7. The van der Waals surface area contributed by atoms with E-state index in [0.29, 0.717) is 46.8 Å². The molecule has 2 heterocycles. The van der Waals surface area contributed by atoms with E-state index in [4.69, 9.17) is 31.9 Å². The summed E-state index contributed by atoms with van der Waals surface area (Å²) < 4.78 is 12.2. The number of fused-ring (bicyclic) bond motifs is 5. The predicted octanol–water partition coefficient (Wildman–Crippen LogP) is 2.32. The number of benzene rings is 3. The van der Waals surface area contributed by atoms with Gasteiger partial charge in [-0.3, -0.25) is 19.2 Å². The number of carbonyl (C=O) groups excluding carboxylic acids is 5. The largest absolute Gasteiger partial charge is 0.492 e. The van der Waals surface area contributed by atoms with Crippen molar-refractivity contribution in [2.45, 2.75) is 88.9 Å². The van der Waals surface area contributed by atoms with Gasteiger partial charge in [0, 0.05) is 50.8 Å². The molecule has 0 saturated carbocycles. The molecule has 5 rings (SSSR count). The Hall–Kier alpha value is -6.22. The van der Waals surface area contributed by atoms with E-state index in [1.807, 2.05) is 6.07 Å². The molecule has 344 valence electrons. The molecule has 4 atom stereocenters. The molecule has 6 amide bonds. The van der Waals surface area contributed by atoms with E-state index in [0.717, 1.165) is 12.8 Å². The molecule has 1 unspecified atom stereocenters. The second-order valence-electron chi connectivity index (χ2n) is 17.3. The maximum Gasteiger partial charge on any atom is 0.318 e. The minimum absolute atomic E-state index is 0.0180. The molecule has 17 nitrogen and oxygen atoms in total. The van der Waals surface area contributed by atoms with Gasteiger partial charge in [-0.2, -0.15) is 5.26 Å². The third-order valence-electron chi connectivity index (χ3n) is 11.6. The molecule has 10 N–H and O–H groups in total. The van der Waals surface area contributed by atoms with Gasteiger partial charge >= 0.3 is 6.03 Å². The normalized spacial score (nSPS) is 18.6. The number of rotatable bonds is 14. The van der Waals surface area contributed by atoms with Crippen LogP contribution in [0.4, 0.5) is 4.79 Å². The molecule has 4 bridgehead atoms. The molecule has 3 aromatic rings. The van der Waals surface area contributed by atoms with Crippen molar-refractivity contribution >= 4 is 29.7 Å². The van der Waals surface area contributed by atoms with E-state index in [1.54, 1.807) is 41.3 Å². The summed E-state index contributed by atoms with van der Waals surface area (Å²) in [6.45, 7) is 9.49. The first-order chi connectivity index (χ1) is 30.6. The smallest absolute Gasteiger partial charge is 0.318 e. The number of hydrogen-bond donors (Lipinski definition) is 7. The number of urea groups is 1. The molecule has 0 spiro atoms. The Bertz CT molecular complexity index is 2160. The number of nitrogens with two attached hydrogens (primary N) is 3. The highest BCUT2D eigenvalue weighted by Crippen LogP contribution is 2.40. The third kappa shape index (κ3) is 12.3. The number of ether oxygens (including phenoxy) is 2. The van der Waals surface area contributed by atoms with E-state index in [1.165, 1.54) is 30.0 Å². The second-order valence-corrected chi connectivity index (χ2v) is 17.3. The second kappa shape index (κ2) is 22.4. The third-order valence-corrected chi connectivity index (χ3v) is 11.6. The van der Waals surface area contributed by atoms with Crippen molar-refractivity contribution in [1.29, 1.82) is 5.26 Å². The molecule has 2 aliphatic heterocycles. The number of nitriles is 1. The van der Waals surface area contributed by atoms with Crippen LogP contribution in [0.3, 0.4) is 0 Å². The lowest BCUT2D eigenvalue weighted by Gasteiger charge is -2.35. The standard InChI is InChI=1S/C47H64N10O7/c1-29-42(58)54-38(43(59)52-21-18-49)27-30-6-12-39(63-24-19-50)35(26-30)36-28-33(9-13-40(36)64-25-20-51)41(44(60)53-29)56(5)45(61)37(14-17-48)55-46(62)57-22-15-32(16-23-57)31-7-10-34(11-8-31)47(2,3)4/h6-13,26,28-29,32,37-38,41H,14-17,19-25,27,48,50-51H2,1-5H3,(H,52,59)(H,53,60)(H,54,58)(H,55,62)/t29-,37?,38-,41-/m0/s1. The number of carbonyl (C=O) groups is 5. The summed E-state index contributed by atoms with van der Waals surface area (Å²) in [6, 6.07) is 15.6. The van der Waals surface area contributed by atoms with Gasteiger partial charge < -0.3 is 57.7 Å². The van der Waals surface area contributed by atoms with Crippen molar-refractivity contribution in [1.82, 2.24) is 31.1 Å².